The van der Waals surface area contributed by atoms with Crippen molar-refractivity contribution in [1.82, 2.24) is 4.90 Å². The number of phenols is 1. The molecule has 0 saturated heterocycles. The van der Waals surface area contributed by atoms with Gasteiger partial charge in [-0.2, -0.15) is 0 Å². The summed E-state index contributed by atoms with van der Waals surface area (Å²) >= 11 is 0. The zero-order valence-electron chi connectivity index (χ0n) is 15.9. The molecule has 1 amide bonds. The fraction of sp³-hybridized carbons (Fsp3) is 0.409. The van der Waals surface area contributed by atoms with E-state index in [0.717, 1.165) is 38.0 Å². The molecule has 0 aliphatic heterocycles. The highest BCUT2D eigenvalue weighted by Crippen LogP contribution is 2.24. The molecule has 0 aromatic heterocycles. The minimum atomic E-state index is 0.100. The van der Waals surface area contributed by atoms with Gasteiger partial charge in [0.05, 0.1) is 5.69 Å². The van der Waals surface area contributed by atoms with Crippen molar-refractivity contribution in [3.63, 3.8) is 0 Å². The monoisotopic (exact) mass is 354 g/mol. The lowest BCUT2D eigenvalue weighted by Crippen LogP contribution is -2.29. The predicted octanol–water partition coefficient (Wildman–Crippen LogP) is 4.16. The summed E-state index contributed by atoms with van der Waals surface area (Å²) in [4.78, 5) is 13.1. The largest absolute Gasteiger partial charge is 0.506 e. The quantitative estimate of drug-likeness (QED) is 0.471. The summed E-state index contributed by atoms with van der Waals surface area (Å²) in [6.45, 7) is 7.44. The number of nitrogens with zero attached hydrogens (tertiary/aromatic N) is 1. The SMILES string of the molecule is CCCCN(CCc1ccc(C)cc1)CCc1ccc(O)c(NC=O)c1. The number of anilines is 1. The van der Waals surface area contributed by atoms with E-state index in [2.05, 4.69) is 48.3 Å². The van der Waals surface area contributed by atoms with E-state index in [9.17, 15) is 9.90 Å². The van der Waals surface area contributed by atoms with Crippen LogP contribution in [0, 0.1) is 6.92 Å². The van der Waals surface area contributed by atoms with Crippen LogP contribution in [-0.4, -0.2) is 36.1 Å². The molecule has 0 radical (unpaired) electrons. The molecule has 0 spiro atoms. The van der Waals surface area contributed by atoms with Gasteiger partial charge < -0.3 is 15.3 Å². The van der Waals surface area contributed by atoms with E-state index >= 15 is 0 Å². The van der Waals surface area contributed by atoms with Crippen molar-refractivity contribution < 1.29 is 9.90 Å². The summed E-state index contributed by atoms with van der Waals surface area (Å²) < 4.78 is 0. The lowest BCUT2D eigenvalue weighted by molar-refractivity contribution is -0.105. The molecule has 0 aliphatic carbocycles. The first-order valence-electron chi connectivity index (χ1n) is 9.42. The topological polar surface area (TPSA) is 52.6 Å². The molecule has 0 unspecified atom stereocenters. The molecule has 0 atom stereocenters. The number of carbonyl (C=O) groups excluding carboxylic acids is 1. The zero-order valence-corrected chi connectivity index (χ0v) is 15.9. The molecule has 4 nitrogen and oxygen atoms in total. The molecule has 0 fully saturated rings. The second kappa shape index (κ2) is 10.6. The number of rotatable bonds is 11. The molecule has 0 aliphatic rings. The summed E-state index contributed by atoms with van der Waals surface area (Å²) in [5.41, 5.74) is 4.25. The van der Waals surface area contributed by atoms with Gasteiger partial charge in [0, 0.05) is 13.1 Å². The van der Waals surface area contributed by atoms with Crippen molar-refractivity contribution >= 4 is 12.1 Å². The Morgan fingerprint density at radius 2 is 1.65 bits per heavy atom. The van der Waals surface area contributed by atoms with E-state index in [1.165, 1.54) is 24.0 Å². The van der Waals surface area contributed by atoms with Crippen LogP contribution in [0.25, 0.3) is 0 Å². The van der Waals surface area contributed by atoms with Crippen LogP contribution in [0.1, 0.15) is 36.5 Å². The van der Waals surface area contributed by atoms with Crippen LogP contribution in [0.4, 0.5) is 5.69 Å². The molecule has 0 bridgehead atoms. The van der Waals surface area contributed by atoms with Crippen molar-refractivity contribution in [3.8, 4) is 5.75 Å². The highest BCUT2D eigenvalue weighted by molar-refractivity contribution is 5.75. The first-order chi connectivity index (χ1) is 12.6. The number of phenolic OH excluding ortho intramolecular Hbond substituents is 1. The Hall–Kier alpha value is -2.33. The Labute approximate surface area is 156 Å². The van der Waals surface area contributed by atoms with Crippen molar-refractivity contribution in [2.24, 2.45) is 0 Å². The maximum absolute atomic E-state index is 10.6. The molecular formula is C22H30N2O2. The number of benzene rings is 2. The van der Waals surface area contributed by atoms with Gasteiger partial charge in [-0.3, -0.25) is 4.79 Å². The number of carbonyl (C=O) groups is 1. The zero-order chi connectivity index (χ0) is 18.8. The lowest BCUT2D eigenvalue weighted by Gasteiger charge is -2.22. The van der Waals surface area contributed by atoms with E-state index in [1.54, 1.807) is 6.07 Å². The second-order valence-electron chi connectivity index (χ2n) is 6.79. The number of hydrogen-bond acceptors (Lipinski definition) is 3. The highest BCUT2D eigenvalue weighted by Gasteiger charge is 2.07. The van der Waals surface area contributed by atoms with Crippen molar-refractivity contribution in [1.29, 1.82) is 0 Å². The fourth-order valence-electron chi connectivity index (χ4n) is 2.96. The number of unbranched alkanes of at least 4 members (excludes halogenated alkanes) is 1. The Balaban J connectivity index is 1.93. The van der Waals surface area contributed by atoms with Gasteiger partial charge in [0.1, 0.15) is 5.75 Å². The van der Waals surface area contributed by atoms with E-state index < -0.39 is 0 Å². The average molecular weight is 354 g/mol. The van der Waals surface area contributed by atoms with Gasteiger partial charge in [-0.1, -0.05) is 49.2 Å². The van der Waals surface area contributed by atoms with Gasteiger partial charge in [0.25, 0.3) is 0 Å². The van der Waals surface area contributed by atoms with Crippen LogP contribution in [-0.2, 0) is 17.6 Å². The van der Waals surface area contributed by atoms with Gasteiger partial charge in [-0.25, -0.2) is 0 Å². The van der Waals surface area contributed by atoms with E-state index in [0.29, 0.717) is 12.1 Å². The highest BCUT2D eigenvalue weighted by atomic mass is 16.3. The second-order valence-corrected chi connectivity index (χ2v) is 6.79. The van der Waals surface area contributed by atoms with Gasteiger partial charge >= 0.3 is 0 Å². The third kappa shape index (κ3) is 6.52. The summed E-state index contributed by atoms with van der Waals surface area (Å²) in [5, 5.41) is 12.3. The number of nitrogens with one attached hydrogen (secondary N) is 1. The molecule has 140 valence electrons. The molecule has 2 aromatic rings. The number of amides is 1. The number of aromatic hydroxyl groups is 1. The first-order valence-corrected chi connectivity index (χ1v) is 9.42. The predicted molar refractivity (Wildman–Crippen MR) is 108 cm³/mol. The van der Waals surface area contributed by atoms with Crippen LogP contribution in [0.5, 0.6) is 5.75 Å². The van der Waals surface area contributed by atoms with E-state index in [-0.39, 0.29) is 5.75 Å². The van der Waals surface area contributed by atoms with Crippen molar-refractivity contribution in [2.75, 3.05) is 25.0 Å². The maximum Gasteiger partial charge on any atom is 0.211 e. The van der Waals surface area contributed by atoms with Gasteiger partial charge in [0.15, 0.2) is 0 Å². The molecule has 2 aromatic carbocycles. The molecule has 26 heavy (non-hydrogen) atoms. The lowest BCUT2D eigenvalue weighted by atomic mass is 10.1. The standard InChI is InChI=1S/C22H30N2O2/c1-3-4-13-24(14-11-19-7-5-18(2)6-8-19)15-12-20-9-10-22(26)21(16-20)23-17-25/h5-10,16-17,26H,3-4,11-15H2,1-2H3,(H,23,25). The molecule has 0 heterocycles. The van der Waals surface area contributed by atoms with Crippen molar-refractivity contribution in [2.45, 2.75) is 39.5 Å². The van der Waals surface area contributed by atoms with E-state index in [4.69, 9.17) is 0 Å². The van der Waals surface area contributed by atoms with Crippen LogP contribution >= 0.6 is 0 Å². The third-order valence-electron chi connectivity index (χ3n) is 4.66. The molecule has 4 heteroatoms. The normalized spacial score (nSPS) is 10.9. The van der Waals surface area contributed by atoms with Crippen LogP contribution in [0.3, 0.4) is 0 Å². The van der Waals surface area contributed by atoms with Crippen LogP contribution < -0.4 is 5.32 Å². The van der Waals surface area contributed by atoms with Gasteiger partial charge in [-0.05, 0) is 56.0 Å². The smallest absolute Gasteiger partial charge is 0.211 e. The average Bonchev–Trinajstić information content (AvgIpc) is 2.65. The minimum Gasteiger partial charge on any atom is -0.506 e. The summed E-state index contributed by atoms with van der Waals surface area (Å²) in [7, 11) is 0. The Bertz CT molecular complexity index is 683. The van der Waals surface area contributed by atoms with E-state index in [1.807, 2.05) is 12.1 Å². The summed E-state index contributed by atoms with van der Waals surface area (Å²) in [6, 6.07) is 14.2. The molecule has 0 saturated carbocycles. The van der Waals surface area contributed by atoms with Crippen LogP contribution in [0.15, 0.2) is 42.5 Å². The number of aryl methyl sites for hydroxylation is 1. The fourth-order valence-corrected chi connectivity index (χ4v) is 2.96. The van der Waals surface area contributed by atoms with Crippen LogP contribution in [0.2, 0.25) is 0 Å². The summed E-state index contributed by atoms with van der Waals surface area (Å²) in [5.74, 6) is 0.100. The molecular weight excluding hydrogens is 324 g/mol. The van der Waals surface area contributed by atoms with Crippen molar-refractivity contribution in [3.05, 3.63) is 59.2 Å². The molecule has 2 rings (SSSR count). The van der Waals surface area contributed by atoms with Gasteiger partial charge in [0.2, 0.25) is 6.41 Å². The first kappa shape index (κ1) is 20.0. The number of hydrogen-bond donors (Lipinski definition) is 2. The maximum atomic E-state index is 10.6. The summed E-state index contributed by atoms with van der Waals surface area (Å²) in [6.07, 6.45) is 4.92. The van der Waals surface area contributed by atoms with Gasteiger partial charge in [-0.15, -0.1) is 0 Å². The minimum absolute atomic E-state index is 0.100. The molecule has 2 N–H and O–H groups in total. The third-order valence-corrected chi connectivity index (χ3v) is 4.66. The Morgan fingerprint density at radius 3 is 2.31 bits per heavy atom. The Morgan fingerprint density at radius 1 is 1.00 bits per heavy atom. The Kier molecular flexibility index (Phi) is 8.16.